The van der Waals surface area contributed by atoms with Gasteiger partial charge in [0.2, 0.25) is 5.91 Å². The van der Waals surface area contributed by atoms with Crippen molar-refractivity contribution in [3.8, 4) is 0 Å². The number of ketones is 1. The molecule has 0 spiro atoms. The molecule has 2 rings (SSSR count). The van der Waals surface area contributed by atoms with Crippen LogP contribution in [0.3, 0.4) is 0 Å². The third-order valence-corrected chi connectivity index (χ3v) is 3.63. The molecular weight excluding hydrogens is 236 g/mol. The van der Waals surface area contributed by atoms with Crippen LogP contribution in [0.5, 0.6) is 0 Å². The number of piperidine rings is 1. The minimum atomic E-state index is -0.922. The molecule has 1 atom stereocenters. The van der Waals surface area contributed by atoms with Crippen molar-refractivity contribution < 1.29 is 19.5 Å². The van der Waals surface area contributed by atoms with E-state index in [2.05, 4.69) is 0 Å². The molecule has 0 aliphatic carbocycles. The van der Waals surface area contributed by atoms with Gasteiger partial charge in [0.1, 0.15) is 11.8 Å². The largest absolute Gasteiger partial charge is 0.480 e. The zero-order valence-corrected chi connectivity index (χ0v) is 10.3. The first-order valence-corrected chi connectivity index (χ1v) is 6.34. The van der Waals surface area contributed by atoms with Gasteiger partial charge in [-0.3, -0.25) is 14.5 Å². The number of nitrogens with zero attached hydrogens (tertiary/aromatic N) is 2. The van der Waals surface area contributed by atoms with Gasteiger partial charge in [-0.15, -0.1) is 0 Å². The van der Waals surface area contributed by atoms with Crippen molar-refractivity contribution in [3.63, 3.8) is 0 Å². The van der Waals surface area contributed by atoms with E-state index >= 15 is 0 Å². The highest BCUT2D eigenvalue weighted by molar-refractivity contribution is 5.85. The average Bonchev–Trinajstić information content (AvgIpc) is 2.81. The van der Waals surface area contributed by atoms with Gasteiger partial charge in [-0.1, -0.05) is 0 Å². The van der Waals surface area contributed by atoms with E-state index in [0.29, 0.717) is 38.9 Å². The zero-order chi connectivity index (χ0) is 13.1. The topological polar surface area (TPSA) is 77.9 Å². The van der Waals surface area contributed by atoms with Gasteiger partial charge in [0.25, 0.3) is 0 Å². The van der Waals surface area contributed by atoms with Crippen molar-refractivity contribution in [2.24, 2.45) is 0 Å². The summed E-state index contributed by atoms with van der Waals surface area (Å²) < 4.78 is 0. The SMILES string of the molecule is O=C1CCN(CC(=O)N2CCCC2C(=O)O)CC1. The molecule has 0 aromatic rings. The summed E-state index contributed by atoms with van der Waals surface area (Å²) in [7, 11) is 0. The predicted molar refractivity (Wildman–Crippen MR) is 63.1 cm³/mol. The van der Waals surface area contributed by atoms with Gasteiger partial charge >= 0.3 is 5.97 Å². The van der Waals surface area contributed by atoms with Gasteiger partial charge in [-0.05, 0) is 12.8 Å². The summed E-state index contributed by atoms with van der Waals surface area (Å²) in [6.45, 7) is 1.98. The van der Waals surface area contributed by atoms with Gasteiger partial charge in [0, 0.05) is 32.5 Å². The van der Waals surface area contributed by atoms with Gasteiger partial charge in [-0.2, -0.15) is 0 Å². The number of carbonyl (C=O) groups excluding carboxylic acids is 2. The van der Waals surface area contributed by atoms with Crippen LogP contribution in [0.1, 0.15) is 25.7 Å². The first-order valence-electron chi connectivity index (χ1n) is 6.34. The molecule has 0 bridgehead atoms. The number of hydrogen-bond donors (Lipinski definition) is 1. The fourth-order valence-corrected chi connectivity index (χ4v) is 2.56. The summed E-state index contributed by atoms with van der Waals surface area (Å²) in [6, 6.07) is -0.663. The second kappa shape index (κ2) is 5.48. The van der Waals surface area contributed by atoms with E-state index in [0.717, 1.165) is 6.42 Å². The summed E-state index contributed by atoms with van der Waals surface area (Å²) in [5.74, 6) is -0.813. The Kier molecular flexibility index (Phi) is 3.96. The van der Waals surface area contributed by atoms with E-state index < -0.39 is 12.0 Å². The molecule has 2 aliphatic rings. The summed E-state index contributed by atoms with van der Waals surface area (Å²) in [5, 5.41) is 9.02. The maximum absolute atomic E-state index is 12.0. The first kappa shape index (κ1) is 13.0. The van der Waals surface area contributed by atoms with E-state index in [9.17, 15) is 14.4 Å². The fraction of sp³-hybridized carbons (Fsp3) is 0.750. The van der Waals surface area contributed by atoms with Crippen LogP contribution in [0.25, 0.3) is 0 Å². The monoisotopic (exact) mass is 254 g/mol. The molecule has 100 valence electrons. The molecule has 0 saturated carbocycles. The number of Topliss-reactive ketones (excluding diaryl/α,β-unsaturated/α-hetero) is 1. The number of likely N-dealkylation sites (tertiary alicyclic amines) is 2. The lowest BCUT2D eigenvalue weighted by Crippen LogP contribution is -2.47. The molecule has 2 saturated heterocycles. The highest BCUT2D eigenvalue weighted by Crippen LogP contribution is 2.18. The lowest BCUT2D eigenvalue weighted by Gasteiger charge is -2.28. The summed E-state index contributed by atoms with van der Waals surface area (Å²) in [4.78, 5) is 37.5. The fourth-order valence-electron chi connectivity index (χ4n) is 2.56. The van der Waals surface area contributed by atoms with Crippen LogP contribution >= 0.6 is 0 Å². The minimum absolute atomic E-state index is 0.130. The van der Waals surface area contributed by atoms with Crippen LogP contribution in [-0.4, -0.2) is 64.8 Å². The van der Waals surface area contributed by atoms with Crippen molar-refractivity contribution in [2.45, 2.75) is 31.7 Å². The van der Waals surface area contributed by atoms with Crippen molar-refractivity contribution >= 4 is 17.7 Å². The van der Waals surface area contributed by atoms with Crippen molar-refractivity contribution in [1.82, 2.24) is 9.80 Å². The number of carboxylic acid groups (broad SMARTS) is 1. The molecule has 1 amide bonds. The van der Waals surface area contributed by atoms with Gasteiger partial charge in [-0.25, -0.2) is 4.79 Å². The van der Waals surface area contributed by atoms with Crippen LogP contribution in [0.15, 0.2) is 0 Å². The molecule has 1 unspecified atom stereocenters. The highest BCUT2D eigenvalue weighted by Gasteiger charge is 2.34. The Hall–Kier alpha value is -1.43. The molecular formula is C12H18N2O4. The first-order chi connectivity index (χ1) is 8.58. The molecule has 6 heteroatoms. The summed E-state index contributed by atoms with van der Waals surface area (Å²) in [6.07, 6.45) is 2.28. The summed E-state index contributed by atoms with van der Waals surface area (Å²) >= 11 is 0. The maximum atomic E-state index is 12.0. The normalized spacial score (nSPS) is 25.4. The van der Waals surface area contributed by atoms with Crippen LogP contribution in [0, 0.1) is 0 Å². The van der Waals surface area contributed by atoms with Gasteiger partial charge < -0.3 is 10.0 Å². The number of carboxylic acids is 1. The molecule has 0 aromatic heterocycles. The van der Waals surface area contributed by atoms with Crippen LogP contribution in [-0.2, 0) is 14.4 Å². The molecule has 0 radical (unpaired) electrons. The van der Waals surface area contributed by atoms with Crippen molar-refractivity contribution in [2.75, 3.05) is 26.2 Å². The number of hydrogen-bond acceptors (Lipinski definition) is 4. The quantitative estimate of drug-likeness (QED) is 0.750. The second-order valence-electron chi connectivity index (χ2n) is 4.90. The Morgan fingerprint density at radius 3 is 2.50 bits per heavy atom. The molecule has 2 fully saturated rings. The Morgan fingerprint density at radius 1 is 1.22 bits per heavy atom. The van der Waals surface area contributed by atoms with Crippen molar-refractivity contribution in [3.05, 3.63) is 0 Å². The maximum Gasteiger partial charge on any atom is 0.326 e. The highest BCUT2D eigenvalue weighted by atomic mass is 16.4. The second-order valence-corrected chi connectivity index (χ2v) is 4.90. The van der Waals surface area contributed by atoms with E-state index in [4.69, 9.17) is 5.11 Å². The predicted octanol–water partition coefficient (Wildman–Crippen LogP) is -0.273. The van der Waals surface area contributed by atoms with Crippen LogP contribution in [0.4, 0.5) is 0 Å². The smallest absolute Gasteiger partial charge is 0.326 e. The molecule has 2 heterocycles. The lowest BCUT2D eigenvalue weighted by molar-refractivity contribution is -0.148. The number of aliphatic carboxylic acids is 1. The molecule has 6 nitrogen and oxygen atoms in total. The summed E-state index contributed by atoms with van der Waals surface area (Å²) in [5.41, 5.74) is 0. The number of carbonyl (C=O) groups is 3. The third-order valence-electron chi connectivity index (χ3n) is 3.63. The van der Waals surface area contributed by atoms with Crippen LogP contribution < -0.4 is 0 Å². The zero-order valence-electron chi connectivity index (χ0n) is 10.3. The van der Waals surface area contributed by atoms with E-state index in [1.807, 2.05) is 4.90 Å². The number of rotatable bonds is 3. The van der Waals surface area contributed by atoms with Crippen LogP contribution in [0.2, 0.25) is 0 Å². The van der Waals surface area contributed by atoms with E-state index in [1.54, 1.807) is 0 Å². The third kappa shape index (κ3) is 2.87. The average molecular weight is 254 g/mol. The minimum Gasteiger partial charge on any atom is -0.480 e. The Labute approximate surface area is 106 Å². The molecule has 18 heavy (non-hydrogen) atoms. The van der Waals surface area contributed by atoms with Crippen molar-refractivity contribution in [1.29, 1.82) is 0 Å². The van der Waals surface area contributed by atoms with E-state index in [-0.39, 0.29) is 18.2 Å². The molecule has 0 aromatic carbocycles. The lowest BCUT2D eigenvalue weighted by atomic mass is 10.1. The van der Waals surface area contributed by atoms with E-state index in [1.165, 1.54) is 4.90 Å². The Morgan fingerprint density at radius 2 is 1.89 bits per heavy atom. The Bertz CT molecular complexity index is 359. The standard InChI is InChI=1S/C12H18N2O4/c15-9-3-6-13(7-4-9)8-11(16)14-5-1-2-10(14)12(17)18/h10H,1-8H2,(H,17,18). The van der Waals surface area contributed by atoms with Gasteiger partial charge in [0.15, 0.2) is 0 Å². The molecule has 2 aliphatic heterocycles. The molecule has 1 N–H and O–H groups in total. The Balaban J connectivity index is 1.87. The van der Waals surface area contributed by atoms with Gasteiger partial charge in [0.05, 0.1) is 6.54 Å². The number of amides is 1.